The standard InChI is InChI=1S/C51H93NO8/c1-6-8-10-12-14-16-18-20-22-24-25-26-28-29-31-33-35-37-39-41-48(53)58-45-47(46-59-51(50(55)56)57-44-43-52(3,4)5)60-49(54)42-40-38-36-34-32-30-27-23-21-19-17-15-13-11-9-7-2/h17,19-20,22-23,27,47,51H,6-16,18,21,24-26,28-46H2,1-5H3/b19-17-,22-20-,27-23-. The molecular formula is C51H93NO8. The molecule has 0 aliphatic carbocycles. The zero-order chi connectivity index (χ0) is 44.2. The van der Waals surface area contributed by atoms with Crippen molar-refractivity contribution >= 4 is 17.9 Å². The van der Waals surface area contributed by atoms with Crippen LogP contribution < -0.4 is 5.11 Å². The number of esters is 2. The molecule has 0 aromatic carbocycles. The van der Waals surface area contributed by atoms with Crippen LogP contribution in [0.25, 0.3) is 0 Å². The third kappa shape index (κ3) is 43.6. The average Bonchev–Trinajstić information content (AvgIpc) is 3.21. The third-order valence-electron chi connectivity index (χ3n) is 10.6. The molecule has 0 bridgehead atoms. The number of hydrogen-bond donors (Lipinski definition) is 0. The molecule has 0 saturated heterocycles. The number of quaternary nitrogens is 1. The van der Waals surface area contributed by atoms with Gasteiger partial charge in [-0.1, -0.05) is 166 Å². The molecule has 0 rings (SSSR count). The Morgan fingerprint density at radius 2 is 0.900 bits per heavy atom. The van der Waals surface area contributed by atoms with Gasteiger partial charge in [0.05, 0.1) is 40.3 Å². The lowest BCUT2D eigenvalue weighted by atomic mass is 10.1. The van der Waals surface area contributed by atoms with Crippen LogP contribution >= 0.6 is 0 Å². The van der Waals surface area contributed by atoms with E-state index in [9.17, 15) is 19.5 Å². The lowest BCUT2D eigenvalue weighted by Crippen LogP contribution is -2.44. The first kappa shape index (κ1) is 57.5. The number of carboxylic acids is 1. The summed E-state index contributed by atoms with van der Waals surface area (Å²) >= 11 is 0. The quantitative estimate of drug-likeness (QED) is 0.0196. The Balaban J connectivity index is 4.38. The second kappa shape index (κ2) is 43.2. The Bertz CT molecular complexity index is 1080. The van der Waals surface area contributed by atoms with Crippen LogP contribution in [-0.4, -0.2) is 82.3 Å². The summed E-state index contributed by atoms with van der Waals surface area (Å²) in [5, 5.41) is 11.7. The highest BCUT2D eigenvalue weighted by atomic mass is 16.7. The average molecular weight is 848 g/mol. The van der Waals surface area contributed by atoms with Crippen LogP contribution in [0.4, 0.5) is 0 Å². The van der Waals surface area contributed by atoms with Crippen LogP contribution in [0.2, 0.25) is 0 Å². The molecule has 350 valence electrons. The van der Waals surface area contributed by atoms with Crippen LogP contribution in [0.15, 0.2) is 36.5 Å². The van der Waals surface area contributed by atoms with Crippen molar-refractivity contribution in [3.63, 3.8) is 0 Å². The Kier molecular flexibility index (Phi) is 41.4. The number of aliphatic carboxylic acids is 1. The van der Waals surface area contributed by atoms with Crippen LogP contribution in [-0.2, 0) is 33.3 Å². The Labute approximate surface area is 369 Å². The third-order valence-corrected chi connectivity index (χ3v) is 10.6. The summed E-state index contributed by atoms with van der Waals surface area (Å²) in [6, 6.07) is 0. The van der Waals surface area contributed by atoms with Gasteiger partial charge in [-0.15, -0.1) is 0 Å². The molecule has 60 heavy (non-hydrogen) atoms. The van der Waals surface area contributed by atoms with E-state index in [1.807, 2.05) is 21.1 Å². The molecule has 0 heterocycles. The zero-order valence-electron chi connectivity index (χ0n) is 39.6. The molecule has 0 aliphatic heterocycles. The SMILES string of the molecule is CCCCCC/C=C\C/C=C\CCCCCCCC(=O)OC(COC(=O)CCCCCCCCCCC/C=C\CCCCCCCC)COC(OCC[N+](C)(C)C)C(=O)[O-]. The van der Waals surface area contributed by atoms with Crippen LogP contribution in [0, 0.1) is 0 Å². The monoisotopic (exact) mass is 848 g/mol. The van der Waals surface area contributed by atoms with E-state index in [1.54, 1.807) is 0 Å². The van der Waals surface area contributed by atoms with Gasteiger partial charge >= 0.3 is 11.9 Å². The molecule has 0 aromatic heterocycles. The van der Waals surface area contributed by atoms with Crippen molar-refractivity contribution in [1.82, 2.24) is 0 Å². The number of allylic oxidation sites excluding steroid dienone is 6. The molecule has 2 unspecified atom stereocenters. The van der Waals surface area contributed by atoms with E-state index >= 15 is 0 Å². The Hall–Kier alpha value is -2.49. The summed E-state index contributed by atoms with van der Waals surface area (Å²) in [6.07, 6.45) is 46.0. The van der Waals surface area contributed by atoms with Gasteiger partial charge < -0.3 is 33.3 Å². The minimum Gasteiger partial charge on any atom is -0.545 e. The predicted molar refractivity (Wildman–Crippen MR) is 246 cm³/mol. The van der Waals surface area contributed by atoms with E-state index in [1.165, 1.54) is 122 Å². The van der Waals surface area contributed by atoms with Crippen LogP contribution in [0.3, 0.4) is 0 Å². The topological polar surface area (TPSA) is 111 Å². The number of hydrogen-bond acceptors (Lipinski definition) is 8. The number of carbonyl (C=O) groups is 3. The molecule has 0 N–H and O–H groups in total. The van der Waals surface area contributed by atoms with Gasteiger partial charge in [0.1, 0.15) is 13.2 Å². The first-order valence-electron chi connectivity index (χ1n) is 24.6. The van der Waals surface area contributed by atoms with Gasteiger partial charge in [-0.2, -0.15) is 0 Å². The largest absolute Gasteiger partial charge is 0.545 e. The number of nitrogens with zero attached hydrogens (tertiary/aromatic N) is 1. The summed E-state index contributed by atoms with van der Waals surface area (Å²) in [7, 11) is 5.91. The number of rotatable bonds is 45. The molecule has 0 saturated carbocycles. The number of carbonyl (C=O) groups excluding carboxylic acids is 3. The lowest BCUT2D eigenvalue weighted by Gasteiger charge is -2.26. The van der Waals surface area contributed by atoms with Gasteiger partial charge in [0.2, 0.25) is 0 Å². The number of carboxylic acid groups (broad SMARTS) is 1. The van der Waals surface area contributed by atoms with E-state index in [0.717, 1.165) is 57.8 Å². The summed E-state index contributed by atoms with van der Waals surface area (Å²) in [4.78, 5) is 37.1. The first-order chi connectivity index (χ1) is 29.1. The first-order valence-corrected chi connectivity index (χ1v) is 24.6. The number of unbranched alkanes of at least 4 members (excludes halogenated alkanes) is 24. The Morgan fingerprint density at radius 1 is 0.500 bits per heavy atom. The minimum atomic E-state index is -1.62. The molecule has 0 aliphatic rings. The van der Waals surface area contributed by atoms with E-state index in [2.05, 4.69) is 50.3 Å². The van der Waals surface area contributed by atoms with Gasteiger partial charge in [0.25, 0.3) is 0 Å². The van der Waals surface area contributed by atoms with Crippen molar-refractivity contribution in [2.45, 2.75) is 225 Å². The van der Waals surface area contributed by atoms with E-state index < -0.39 is 24.3 Å². The molecule has 0 aromatic rings. The minimum absolute atomic E-state index is 0.145. The summed E-state index contributed by atoms with van der Waals surface area (Å²) in [5.41, 5.74) is 0. The van der Waals surface area contributed by atoms with Gasteiger partial charge in [-0.25, -0.2) is 0 Å². The molecule has 9 heteroatoms. The van der Waals surface area contributed by atoms with E-state index in [4.69, 9.17) is 18.9 Å². The number of ether oxygens (including phenoxy) is 4. The maximum atomic E-state index is 12.8. The fourth-order valence-electron chi connectivity index (χ4n) is 6.74. The zero-order valence-corrected chi connectivity index (χ0v) is 39.6. The highest BCUT2D eigenvalue weighted by Gasteiger charge is 2.21. The van der Waals surface area contributed by atoms with Crippen molar-refractivity contribution < 1.29 is 42.9 Å². The molecule has 9 nitrogen and oxygen atoms in total. The normalized spacial score (nSPS) is 13.2. The maximum Gasteiger partial charge on any atom is 0.306 e. The van der Waals surface area contributed by atoms with Crippen molar-refractivity contribution in [2.24, 2.45) is 0 Å². The predicted octanol–water partition coefficient (Wildman–Crippen LogP) is 12.1. The van der Waals surface area contributed by atoms with Crippen LogP contribution in [0.1, 0.15) is 213 Å². The number of likely N-dealkylation sites (N-methyl/N-ethyl adjacent to an activating group) is 1. The lowest BCUT2D eigenvalue weighted by molar-refractivity contribution is -0.870. The summed E-state index contributed by atoms with van der Waals surface area (Å²) in [6.45, 7) is 4.71. The van der Waals surface area contributed by atoms with Crippen molar-refractivity contribution in [3.05, 3.63) is 36.5 Å². The van der Waals surface area contributed by atoms with Crippen LogP contribution in [0.5, 0.6) is 0 Å². The summed E-state index contributed by atoms with van der Waals surface area (Å²) < 4.78 is 22.6. The van der Waals surface area contributed by atoms with Gasteiger partial charge in [0.15, 0.2) is 12.4 Å². The summed E-state index contributed by atoms with van der Waals surface area (Å²) in [5.74, 6) is -2.30. The Morgan fingerprint density at radius 3 is 1.35 bits per heavy atom. The highest BCUT2D eigenvalue weighted by Crippen LogP contribution is 2.14. The molecule has 0 fully saturated rings. The van der Waals surface area contributed by atoms with Crippen molar-refractivity contribution in [3.8, 4) is 0 Å². The molecule has 0 radical (unpaired) electrons. The fourth-order valence-corrected chi connectivity index (χ4v) is 6.74. The maximum absolute atomic E-state index is 12.8. The van der Waals surface area contributed by atoms with E-state index in [0.29, 0.717) is 17.4 Å². The molecule has 2 atom stereocenters. The van der Waals surface area contributed by atoms with Gasteiger partial charge in [-0.3, -0.25) is 9.59 Å². The van der Waals surface area contributed by atoms with Crippen molar-refractivity contribution in [1.29, 1.82) is 0 Å². The van der Waals surface area contributed by atoms with Gasteiger partial charge in [0, 0.05) is 12.8 Å². The molecular weight excluding hydrogens is 755 g/mol. The highest BCUT2D eigenvalue weighted by molar-refractivity contribution is 5.70. The second-order valence-corrected chi connectivity index (χ2v) is 17.7. The van der Waals surface area contributed by atoms with Crippen molar-refractivity contribution in [2.75, 3.05) is 47.5 Å². The van der Waals surface area contributed by atoms with E-state index in [-0.39, 0.29) is 38.6 Å². The van der Waals surface area contributed by atoms with Gasteiger partial charge in [-0.05, 0) is 70.6 Å². The second-order valence-electron chi connectivity index (χ2n) is 17.7. The molecule has 0 spiro atoms. The molecule has 0 amide bonds. The smallest absolute Gasteiger partial charge is 0.306 e. The fraction of sp³-hybridized carbons (Fsp3) is 0.824.